The highest BCUT2D eigenvalue weighted by molar-refractivity contribution is 7.43. The number of imidazole rings is 1. The van der Waals surface area contributed by atoms with E-state index in [1.54, 1.807) is 0 Å². The number of nitrogen functional groups attached to an aromatic ring is 1. The molecular formula is C10H12N5O8P-2. The zero-order valence-corrected chi connectivity index (χ0v) is 12.7. The van der Waals surface area contributed by atoms with Crippen molar-refractivity contribution in [3.05, 3.63) is 16.8 Å². The molecule has 0 bridgehead atoms. The maximum atomic E-state index is 12.1. The van der Waals surface area contributed by atoms with Gasteiger partial charge in [0.05, 0.1) is 14.4 Å². The third kappa shape index (κ3) is 2.93. The number of aliphatic hydroxyl groups excluding tert-OH is 2. The van der Waals surface area contributed by atoms with Gasteiger partial charge >= 0.3 is 5.69 Å². The van der Waals surface area contributed by atoms with E-state index in [1.165, 1.54) is 0 Å². The van der Waals surface area contributed by atoms with Gasteiger partial charge in [0.2, 0.25) is 0 Å². The van der Waals surface area contributed by atoms with Crippen molar-refractivity contribution in [2.24, 2.45) is 0 Å². The van der Waals surface area contributed by atoms with E-state index in [0.29, 0.717) is 0 Å². The number of aliphatic hydroxyl groups is 2. The summed E-state index contributed by atoms with van der Waals surface area (Å²) in [4.78, 5) is 43.1. The van der Waals surface area contributed by atoms with E-state index in [9.17, 15) is 29.4 Å². The van der Waals surface area contributed by atoms with E-state index in [1.807, 2.05) is 0 Å². The molecule has 13 nitrogen and oxygen atoms in total. The van der Waals surface area contributed by atoms with E-state index in [-0.39, 0.29) is 17.0 Å². The standard InChI is InChI=1S/C10H14N5O8P/c11-7-4-8(13-2-12-7)15(10(18)14-4)9-6(17)5(16)3(23-9)1-22-24(19,20)21/h2-3,5-6,9,16-17H,1H2,(H,14,18)(H2,11,12,13)(H2,19,20,21)/p-2/t3-,5-,6-,9-/m1/s1. The molecule has 0 aromatic carbocycles. The van der Waals surface area contributed by atoms with Crippen molar-refractivity contribution < 1.29 is 33.8 Å². The molecule has 0 spiro atoms. The average Bonchev–Trinajstić information content (AvgIpc) is 2.96. The van der Waals surface area contributed by atoms with Crippen molar-refractivity contribution in [3.63, 3.8) is 0 Å². The van der Waals surface area contributed by atoms with Crippen LogP contribution in [-0.2, 0) is 13.8 Å². The number of phosphoric ester groups is 1. The monoisotopic (exact) mass is 361 g/mol. The molecule has 5 N–H and O–H groups in total. The number of hydrogen-bond donors (Lipinski definition) is 4. The highest BCUT2D eigenvalue weighted by Crippen LogP contribution is 2.33. The summed E-state index contributed by atoms with van der Waals surface area (Å²) < 4.78 is 20.7. The lowest BCUT2D eigenvalue weighted by Gasteiger charge is -2.30. The predicted molar refractivity (Wildman–Crippen MR) is 72.0 cm³/mol. The fourth-order valence-corrected chi connectivity index (χ4v) is 2.77. The molecule has 1 fully saturated rings. The number of fused-ring (bicyclic) bond motifs is 1. The first-order chi connectivity index (χ1) is 11.2. The minimum absolute atomic E-state index is 0.0117. The van der Waals surface area contributed by atoms with Gasteiger partial charge in [0.25, 0.3) is 0 Å². The van der Waals surface area contributed by atoms with Gasteiger partial charge in [-0.05, 0) is 0 Å². The second kappa shape index (κ2) is 5.89. The van der Waals surface area contributed by atoms with Gasteiger partial charge in [-0.1, -0.05) is 0 Å². The number of anilines is 1. The first-order valence-corrected chi connectivity index (χ1v) is 8.04. The number of hydrogen-bond acceptors (Lipinski definition) is 11. The number of aromatic nitrogens is 4. The first kappa shape index (κ1) is 17.0. The maximum Gasteiger partial charge on any atom is 0.330 e. The Morgan fingerprint density at radius 3 is 2.79 bits per heavy atom. The van der Waals surface area contributed by atoms with Gasteiger partial charge in [-0.3, -0.25) is 0 Å². The van der Waals surface area contributed by atoms with Crippen LogP contribution in [0.25, 0.3) is 11.2 Å². The number of ether oxygens (including phenoxy) is 1. The topological polar surface area (TPSA) is 212 Å². The van der Waals surface area contributed by atoms with Crippen LogP contribution in [0.3, 0.4) is 0 Å². The molecule has 0 aliphatic carbocycles. The summed E-state index contributed by atoms with van der Waals surface area (Å²) in [5.41, 5.74) is 5.00. The van der Waals surface area contributed by atoms with Gasteiger partial charge in [-0.25, -0.2) is 19.3 Å². The van der Waals surface area contributed by atoms with Crippen LogP contribution in [0.4, 0.5) is 5.82 Å². The van der Waals surface area contributed by atoms with Crippen molar-refractivity contribution >= 4 is 24.8 Å². The summed E-state index contributed by atoms with van der Waals surface area (Å²) in [6.07, 6.45) is -4.87. The highest BCUT2D eigenvalue weighted by atomic mass is 31.2. The summed E-state index contributed by atoms with van der Waals surface area (Å²) in [7, 11) is -5.28. The molecule has 1 aliphatic heterocycles. The Morgan fingerprint density at radius 2 is 2.12 bits per heavy atom. The van der Waals surface area contributed by atoms with E-state index in [0.717, 1.165) is 10.9 Å². The number of phosphoric acid groups is 1. The number of aromatic amines is 1. The van der Waals surface area contributed by atoms with Crippen LogP contribution in [0.15, 0.2) is 11.1 Å². The molecule has 2 aromatic rings. The molecule has 0 saturated carbocycles. The zero-order chi connectivity index (χ0) is 17.6. The minimum atomic E-state index is -5.28. The van der Waals surface area contributed by atoms with Crippen molar-refractivity contribution in [3.8, 4) is 0 Å². The smallest absolute Gasteiger partial charge is 0.330 e. The van der Waals surface area contributed by atoms with Crippen molar-refractivity contribution in [1.82, 2.24) is 19.5 Å². The lowest BCUT2D eigenvalue weighted by atomic mass is 10.1. The molecule has 0 unspecified atom stereocenters. The molecule has 3 heterocycles. The Bertz CT molecular complexity index is 861. The van der Waals surface area contributed by atoms with Crippen molar-refractivity contribution in [1.29, 1.82) is 0 Å². The number of nitrogens with one attached hydrogen (secondary N) is 1. The van der Waals surface area contributed by atoms with Gasteiger partial charge in [0.1, 0.15) is 30.2 Å². The Balaban J connectivity index is 1.93. The number of rotatable bonds is 4. The molecular weight excluding hydrogens is 349 g/mol. The molecule has 1 aliphatic rings. The Labute approximate surface area is 132 Å². The Morgan fingerprint density at radius 1 is 1.42 bits per heavy atom. The van der Waals surface area contributed by atoms with Crippen LogP contribution in [0.5, 0.6) is 0 Å². The van der Waals surface area contributed by atoms with Crippen LogP contribution in [0.2, 0.25) is 0 Å². The third-order valence-corrected chi connectivity index (χ3v) is 3.99. The van der Waals surface area contributed by atoms with Crippen molar-refractivity contribution in [2.75, 3.05) is 12.3 Å². The molecule has 0 amide bonds. The molecule has 132 valence electrons. The van der Waals surface area contributed by atoms with Gasteiger partial charge in [0, 0.05) is 0 Å². The SMILES string of the molecule is Nc1ncnc2c1[nH]c(=O)n2[C@@H]1O[C@H](COP(=O)([O-])[O-])[C@@H](O)[C@H]1O. The lowest BCUT2D eigenvalue weighted by molar-refractivity contribution is -0.343. The van der Waals surface area contributed by atoms with Crippen LogP contribution >= 0.6 is 7.82 Å². The lowest BCUT2D eigenvalue weighted by Crippen LogP contribution is -2.35. The second-order valence-electron chi connectivity index (χ2n) is 5.05. The average molecular weight is 361 g/mol. The molecule has 1 saturated heterocycles. The molecule has 2 aromatic heterocycles. The van der Waals surface area contributed by atoms with Crippen LogP contribution in [-0.4, -0.2) is 54.7 Å². The fourth-order valence-electron chi connectivity index (χ4n) is 2.44. The van der Waals surface area contributed by atoms with Gasteiger partial charge in [-0.15, -0.1) is 0 Å². The molecule has 14 heteroatoms. The van der Waals surface area contributed by atoms with Crippen LogP contribution in [0.1, 0.15) is 6.23 Å². The van der Waals surface area contributed by atoms with Crippen LogP contribution in [0, 0.1) is 0 Å². The molecule has 4 atom stereocenters. The molecule has 3 rings (SSSR count). The Hall–Kier alpha value is -1.86. The minimum Gasteiger partial charge on any atom is -0.790 e. The molecule has 0 radical (unpaired) electrons. The van der Waals surface area contributed by atoms with E-state index >= 15 is 0 Å². The normalized spacial score (nSPS) is 27.8. The van der Waals surface area contributed by atoms with E-state index < -0.39 is 44.7 Å². The molecule has 24 heavy (non-hydrogen) atoms. The van der Waals surface area contributed by atoms with Crippen molar-refractivity contribution in [2.45, 2.75) is 24.5 Å². The third-order valence-electron chi connectivity index (χ3n) is 3.52. The summed E-state index contributed by atoms with van der Waals surface area (Å²) in [6, 6.07) is 0. The summed E-state index contributed by atoms with van der Waals surface area (Å²) >= 11 is 0. The number of H-pyrrole nitrogens is 1. The summed E-state index contributed by atoms with van der Waals surface area (Å²) in [5, 5.41) is 20.0. The van der Waals surface area contributed by atoms with E-state index in [2.05, 4.69) is 19.5 Å². The Kier molecular flexibility index (Phi) is 4.17. The summed E-state index contributed by atoms with van der Waals surface area (Å²) in [6.45, 7) is -0.812. The van der Waals surface area contributed by atoms with Gasteiger partial charge in [-0.2, -0.15) is 0 Å². The fraction of sp³-hybridized carbons (Fsp3) is 0.500. The second-order valence-corrected chi connectivity index (χ2v) is 6.20. The zero-order valence-electron chi connectivity index (χ0n) is 11.8. The number of nitrogens with two attached hydrogens (primary N) is 1. The van der Waals surface area contributed by atoms with Gasteiger partial charge < -0.3 is 44.5 Å². The number of nitrogens with zero attached hydrogens (tertiary/aromatic N) is 3. The van der Waals surface area contributed by atoms with E-state index in [4.69, 9.17) is 10.5 Å². The quantitative estimate of drug-likeness (QED) is 0.387. The maximum absolute atomic E-state index is 12.1. The first-order valence-electron chi connectivity index (χ1n) is 6.58. The summed E-state index contributed by atoms with van der Waals surface area (Å²) in [5.74, 6) is -0.0117. The van der Waals surface area contributed by atoms with Crippen LogP contribution < -0.4 is 21.2 Å². The predicted octanol–water partition coefficient (Wildman–Crippen LogP) is -3.83. The van der Waals surface area contributed by atoms with Gasteiger partial charge in [0.15, 0.2) is 17.7 Å². The highest BCUT2D eigenvalue weighted by Gasteiger charge is 2.45. The largest absolute Gasteiger partial charge is 0.790 e.